The summed E-state index contributed by atoms with van der Waals surface area (Å²) in [6.07, 6.45) is -4.12. The molecule has 0 fully saturated rings. The summed E-state index contributed by atoms with van der Waals surface area (Å²) in [5, 5.41) is 8.54. The summed E-state index contributed by atoms with van der Waals surface area (Å²) in [5.74, 6) is -2.64. The first-order valence-electron chi connectivity index (χ1n) is 3.54. The molecule has 15 heavy (non-hydrogen) atoms. The first-order valence-corrected chi connectivity index (χ1v) is 3.54. The molecule has 8 heteroatoms. The number of ether oxygens (including phenoxy) is 1. The van der Waals surface area contributed by atoms with Gasteiger partial charge >= 0.3 is 12.3 Å². The number of nitrogens with two attached hydrogens (primary N) is 1. The summed E-state index contributed by atoms with van der Waals surface area (Å²) in [7, 11) is 0. The fraction of sp³-hybridized carbons (Fsp3) is 0.143. The van der Waals surface area contributed by atoms with Crippen molar-refractivity contribution in [1.82, 2.24) is 4.98 Å². The third-order valence-corrected chi connectivity index (χ3v) is 1.32. The molecule has 0 aliphatic rings. The third kappa shape index (κ3) is 3.01. The lowest BCUT2D eigenvalue weighted by molar-refractivity contribution is -0.276. The van der Waals surface area contributed by atoms with Crippen LogP contribution in [-0.2, 0) is 0 Å². The SMILES string of the molecule is Nc1cnc(OC(F)(F)F)c(C(=O)O)c1. The Kier molecular flexibility index (Phi) is 2.69. The molecule has 0 aliphatic carbocycles. The molecule has 82 valence electrons. The van der Waals surface area contributed by atoms with Gasteiger partial charge in [0.2, 0.25) is 5.88 Å². The number of carboxylic acid groups (broad SMARTS) is 1. The maximum atomic E-state index is 11.8. The molecule has 1 aromatic heterocycles. The molecule has 0 bridgehead atoms. The zero-order chi connectivity index (χ0) is 11.6. The molecule has 3 N–H and O–H groups in total. The Morgan fingerprint density at radius 3 is 2.60 bits per heavy atom. The second-order valence-electron chi connectivity index (χ2n) is 2.47. The molecule has 5 nitrogen and oxygen atoms in total. The molecule has 0 amide bonds. The van der Waals surface area contributed by atoms with Crippen molar-refractivity contribution in [3.8, 4) is 5.88 Å². The quantitative estimate of drug-likeness (QED) is 0.786. The molecule has 0 aliphatic heterocycles. The summed E-state index contributed by atoms with van der Waals surface area (Å²) < 4.78 is 38.8. The van der Waals surface area contributed by atoms with Crippen molar-refractivity contribution < 1.29 is 27.8 Å². The smallest absolute Gasteiger partial charge is 0.477 e. The molecule has 1 rings (SSSR count). The molecule has 1 aromatic rings. The van der Waals surface area contributed by atoms with Crippen molar-refractivity contribution in [2.45, 2.75) is 6.36 Å². The highest BCUT2D eigenvalue weighted by Crippen LogP contribution is 2.25. The summed E-state index contributed by atoms with van der Waals surface area (Å²) in [6.45, 7) is 0. The van der Waals surface area contributed by atoms with E-state index < -0.39 is 23.8 Å². The number of pyridine rings is 1. The number of aromatic nitrogens is 1. The van der Waals surface area contributed by atoms with E-state index in [1.165, 1.54) is 0 Å². The molecule has 0 spiro atoms. The van der Waals surface area contributed by atoms with Crippen LogP contribution in [0.25, 0.3) is 0 Å². The minimum atomic E-state index is -4.99. The van der Waals surface area contributed by atoms with Crippen LogP contribution in [-0.4, -0.2) is 22.4 Å². The number of anilines is 1. The van der Waals surface area contributed by atoms with Gasteiger partial charge in [-0.25, -0.2) is 9.78 Å². The van der Waals surface area contributed by atoms with Crippen molar-refractivity contribution in [2.75, 3.05) is 5.73 Å². The lowest BCUT2D eigenvalue weighted by Gasteiger charge is -2.09. The summed E-state index contributed by atoms with van der Waals surface area (Å²) in [5.41, 5.74) is 4.36. The van der Waals surface area contributed by atoms with Gasteiger partial charge < -0.3 is 15.6 Å². The number of aromatic carboxylic acids is 1. The van der Waals surface area contributed by atoms with Crippen LogP contribution in [0, 0.1) is 0 Å². The minimum absolute atomic E-state index is 0.0677. The number of rotatable bonds is 2. The average Bonchev–Trinajstić information content (AvgIpc) is 2.05. The normalized spacial score (nSPS) is 11.1. The predicted molar refractivity (Wildman–Crippen MR) is 42.3 cm³/mol. The zero-order valence-corrected chi connectivity index (χ0v) is 7.08. The number of hydrogen-bond donors (Lipinski definition) is 2. The number of nitrogen functional groups attached to an aromatic ring is 1. The lowest BCUT2D eigenvalue weighted by Crippen LogP contribution is -2.20. The second-order valence-corrected chi connectivity index (χ2v) is 2.47. The first kappa shape index (κ1) is 11.1. The van der Waals surface area contributed by atoms with E-state index in [0.29, 0.717) is 0 Å². The number of carbonyl (C=O) groups is 1. The van der Waals surface area contributed by atoms with Crippen LogP contribution in [0.1, 0.15) is 10.4 Å². The van der Waals surface area contributed by atoms with E-state index in [1.54, 1.807) is 0 Å². The molecule has 0 saturated carbocycles. The highest BCUT2D eigenvalue weighted by molar-refractivity contribution is 5.91. The van der Waals surface area contributed by atoms with E-state index in [0.717, 1.165) is 12.3 Å². The van der Waals surface area contributed by atoms with Crippen molar-refractivity contribution in [2.24, 2.45) is 0 Å². The number of alkyl halides is 3. The van der Waals surface area contributed by atoms with Gasteiger partial charge in [-0.1, -0.05) is 0 Å². The van der Waals surface area contributed by atoms with Gasteiger partial charge in [0.25, 0.3) is 0 Å². The Morgan fingerprint density at radius 1 is 1.53 bits per heavy atom. The monoisotopic (exact) mass is 222 g/mol. The Balaban J connectivity index is 3.12. The molecule has 0 saturated heterocycles. The van der Waals surface area contributed by atoms with Crippen LogP contribution in [0.4, 0.5) is 18.9 Å². The van der Waals surface area contributed by atoms with Crippen LogP contribution >= 0.6 is 0 Å². The van der Waals surface area contributed by atoms with Gasteiger partial charge in [0.15, 0.2) is 0 Å². The molecule has 0 radical (unpaired) electrons. The number of carboxylic acids is 1. The maximum absolute atomic E-state index is 11.8. The van der Waals surface area contributed by atoms with Gasteiger partial charge in [0.05, 0.1) is 11.9 Å². The molecular formula is C7H5F3N2O3. The van der Waals surface area contributed by atoms with Crippen LogP contribution < -0.4 is 10.5 Å². The van der Waals surface area contributed by atoms with E-state index >= 15 is 0 Å². The fourth-order valence-electron chi connectivity index (χ4n) is 0.813. The minimum Gasteiger partial charge on any atom is -0.477 e. The van der Waals surface area contributed by atoms with E-state index in [-0.39, 0.29) is 5.69 Å². The number of halogens is 3. The van der Waals surface area contributed by atoms with Crippen molar-refractivity contribution >= 4 is 11.7 Å². The second kappa shape index (κ2) is 3.64. The molecular weight excluding hydrogens is 217 g/mol. The van der Waals surface area contributed by atoms with Gasteiger partial charge in [0.1, 0.15) is 5.56 Å². The topological polar surface area (TPSA) is 85.4 Å². The molecule has 1 heterocycles. The first-order chi connectivity index (χ1) is 6.79. The largest absolute Gasteiger partial charge is 0.574 e. The van der Waals surface area contributed by atoms with Gasteiger partial charge in [-0.05, 0) is 6.07 Å². The fourth-order valence-corrected chi connectivity index (χ4v) is 0.813. The van der Waals surface area contributed by atoms with Gasteiger partial charge in [0, 0.05) is 0 Å². The van der Waals surface area contributed by atoms with Crippen molar-refractivity contribution in [3.05, 3.63) is 17.8 Å². The third-order valence-electron chi connectivity index (χ3n) is 1.32. The Bertz CT molecular complexity index is 392. The lowest BCUT2D eigenvalue weighted by atomic mass is 10.2. The van der Waals surface area contributed by atoms with Gasteiger partial charge in [-0.3, -0.25) is 0 Å². The van der Waals surface area contributed by atoms with E-state index in [9.17, 15) is 18.0 Å². The summed E-state index contributed by atoms with van der Waals surface area (Å²) in [4.78, 5) is 13.7. The number of hydrogen-bond acceptors (Lipinski definition) is 4. The van der Waals surface area contributed by atoms with Gasteiger partial charge in [-0.2, -0.15) is 0 Å². The molecule has 0 atom stereocenters. The highest BCUT2D eigenvalue weighted by Gasteiger charge is 2.33. The Morgan fingerprint density at radius 2 is 2.13 bits per heavy atom. The van der Waals surface area contributed by atoms with Crippen LogP contribution in [0.3, 0.4) is 0 Å². The molecule has 0 aromatic carbocycles. The van der Waals surface area contributed by atoms with Crippen LogP contribution in [0.15, 0.2) is 12.3 Å². The van der Waals surface area contributed by atoms with Crippen LogP contribution in [0.2, 0.25) is 0 Å². The Hall–Kier alpha value is -1.99. The van der Waals surface area contributed by atoms with Crippen molar-refractivity contribution in [3.63, 3.8) is 0 Å². The van der Waals surface area contributed by atoms with E-state index in [4.69, 9.17) is 10.8 Å². The standard InChI is InChI=1S/C7H5F3N2O3/c8-7(9,10)15-5-4(6(13)14)1-3(11)2-12-5/h1-2H,11H2,(H,13,14). The summed E-state index contributed by atoms with van der Waals surface area (Å²) in [6, 6.07) is 0.830. The number of nitrogens with zero attached hydrogens (tertiary/aromatic N) is 1. The Labute approximate surface area is 81.3 Å². The summed E-state index contributed by atoms with van der Waals surface area (Å²) >= 11 is 0. The predicted octanol–water partition coefficient (Wildman–Crippen LogP) is 1.26. The van der Waals surface area contributed by atoms with E-state index in [1.807, 2.05) is 0 Å². The average molecular weight is 222 g/mol. The van der Waals surface area contributed by atoms with Gasteiger partial charge in [-0.15, -0.1) is 13.2 Å². The van der Waals surface area contributed by atoms with E-state index in [2.05, 4.69) is 9.72 Å². The van der Waals surface area contributed by atoms with Crippen molar-refractivity contribution in [1.29, 1.82) is 0 Å². The zero-order valence-electron chi connectivity index (χ0n) is 7.08. The van der Waals surface area contributed by atoms with Crippen LogP contribution in [0.5, 0.6) is 5.88 Å². The molecule has 0 unspecified atom stereocenters. The maximum Gasteiger partial charge on any atom is 0.574 e. The highest BCUT2D eigenvalue weighted by atomic mass is 19.4.